The van der Waals surface area contributed by atoms with Gasteiger partial charge in [0.05, 0.1) is 7.11 Å². The fourth-order valence-electron chi connectivity index (χ4n) is 2.42. The molecule has 0 aliphatic carbocycles. The van der Waals surface area contributed by atoms with E-state index in [4.69, 9.17) is 4.74 Å². The molecule has 0 fully saturated rings. The van der Waals surface area contributed by atoms with Crippen molar-refractivity contribution in [1.82, 2.24) is 4.90 Å². The first-order valence-electron chi connectivity index (χ1n) is 7.20. The maximum atomic E-state index is 5.30. The number of ether oxygens (including phenoxy) is 1. The fourth-order valence-corrected chi connectivity index (χ4v) is 2.42. The van der Waals surface area contributed by atoms with Crippen molar-refractivity contribution in [1.29, 1.82) is 0 Å². The first kappa shape index (κ1) is 15.4. The molecule has 0 atom stereocenters. The summed E-state index contributed by atoms with van der Waals surface area (Å²) in [4.78, 5) is 2.18. The highest BCUT2D eigenvalue weighted by Gasteiger charge is 2.04. The summed E-state index contributed by atoms with van der Waals surface area (Å²) < 4.78 is 5.30. The standard InChI is InChI=1S/C18H24N2O/c1-14-11-15(9-10-18(14)21-4)12-19-17-8-6-5-7-16(17)13-20(2)3/h5-11,19H,12-13H2,1-4H3. The predicted molar refractivity (Wildman–Crippen MR) is 88.9 cm³/mol. The van der Waals surface area contributed by atoms with Gasteiger partial charge in [-0.1, -0.05) is 30.3 Å². The van der Waals surface area contributed by atoms with Crippen molar-refractivity contribution in [2.75, 3.05) is 26.5 Å². The van der Waals surface area contributed by atoms with E-state index in [1.54, 1.807) is 7.11 Å². The van der Waals surface area contributed by atoms with Crippen molar-refractivity contribution in [3.63, 3.8) is 0 Å². The highest BCUT2D eigenvalue weighted by molar-refractivity contribution is 5.51. The smallest absolute Gasteiger partial charge is 0.121 e. The molecule has 21 heavy (non-hydrogen) atoms. The third-order valence-electron chi connectivity index (χ3n) is 3.45. The summed E-state index contributed by atoms with van der Waals surface area (Å²) in [5.41, 5.74) is 4.93. The molecule has 0 amide bonds. The zero-order valence-electron chi connectivity index (χ0n) is 13.3. The van der Waals surface area contributed by atoms with E-state index in [-0.39, 0.29) is 0 Å². The Kier molecular flexibility index (Phi) is 5.23. The Balaban J connectivity index is 2.08. The van der Waals surface area contributed by atoms with Gasteiger partial charge >= 0.3 is 0 Å². The number of nitrogens with zero attached hydrogens (tertiary/aromatic N) is 1. The second-order valence-electron chi connectivity index (χ2n) is 5.55. The average Bonchev–Trinajstić information content (AvgIpc) is 2.46. The van der Waals surface area contributed by atoms with E-state index < -0.39 is 0 Å². The SMILES string of the molecule is COc1ccc(CNc2ccccc2CN(C)C)cc1C. The minimum atomic E-state index is 0.815. The number of para-hydroxylation sites is 1. The highest BCUT2D eigenvalue weighted by Crippen LogP contribution is 2.21. The molecule has 2 aromatic rings. The fraction of sp³-hybridized carbons (Fsp3) is 0.333. The summed E-state index contributed by atoms with van der Waals surface area (Å²) in [5.74, 6) is 0.937. The van der Waals surface area contributed by atoms with Crippen LogP contribution in [0.15, 0.2) is 42.5 Å². The summed E-state index contributed by atoms with van der Waals surface area (Å²) in [6.45, 7) is 3.82. The predicted octanol–water partition coefficient (Wildman–Crippen LogP) is 3.68. The largest absolute Gasteiger partial charge is 0.496 e. The molecule has 2 rings (SSSR count). The molecule has 0 saturated carbocycles. The van der Waals surface area contributed by atoms with E-state index in [1.807, 2.05) is 6.07 Å². The van der Waals surface area contributed by atoms with Gasteiger partial charge in [0.1, 0.15) is 5.75 Å². The van der Waals surface area contributed by atoms with Crippen molar-refractivity contribution in [2.45, 2.75) is 20.0 Å². The van der Waals surface area contributed by atoms with Gasteiger partial charge in [0, 0.05) is 18.8 Å². The number of aryl methyl sites for hydroxylation is 1. The topological polar surface area (TPSA) is 24.5 Å². The van der Waals surface area contributed by atoms with Crippen molar-refractivity contribution in [3.05, 3.63) is 59.2 Å². The molecular weight excluding hydrogens is 260 g/mol. The summed E-state index contributed by atoms with van der Waals surface area (Å²) in [6, 6.07) is 14.8. The van der Waals surface area contributed by atoms with Crippen LogP contribution in [-0.2, 0) is 13.1 Å². The number of benzene rings is 2. The van der Waals surface area contributed by atoms with Crippen molar-refractivity contribution >= 4 is 5.69 Å². The molecule has 2 aromatic carbocycles. The van der Waals surface area contributed by atoms with Crippen molar-refractivity contribution < 1.29 is 4.74 Å². The van der Waals surface area contributed by atoms with E-state index in [0.29, 0.717) is 0 Å². The van der Waals surface area contributed by atoms with Crippen LogP contribution < -0.4 is 10.1 Å². The lowest BCUT2D eigenvalue weighted by molar-refractivity contribution is 0.403. The highest BCUT2D eigenvalue weighted by atomic mass is 16.5. The van der Waals surface area contributed by atoms with E-state index in [1.165, 1.54) is 22.4 Å². The van der Waals surface area contributed by atoms with Crippen LogP contribution in [0.3, 0.4) is 0 Å². The van der Waals surface area contributed by atoms with Gasteiger partial charge in [0.25, 0.3) is 0 Å². The Hall–Kier alpha value is -2.00. The van der Waals surface area contributed by atoms with Crippen LogP contribution in [0.4, 0.5) is 5.69 Å². The van der Waals surface area contributed by atoms with Crippen molar-refractivity contribution in [2.24, 2.45) is 0 Å². The molecule has 3 heteroatoms. The number of hydrogen-bond acceptors (Lipinski definition) is 3. The maximum Gasteiger partial charge on any atom is 0.121 e. The second kappa shape index (κ2) is 7.14. The number of hydrogen-bond donors (Lipinski definition) is 1. The lowest BCUT2D eigenvalue weighted by atomic mass is 10.1. The van der Waals surface area contributed by atoms with Gasteiger partial charge in [-0.3, -0.25) is 0 Å². The van der Waals surface area contributed by atoms with Gasteiger partial charge in [-0.05, 0) is 49.8 Å². The van der Waals surface area contributed by atoms with Crippen LogP contribution in [0.1, 0.15) is 16.7 Å². The molecule has 0 saturated heterocycles. The quantitative estimate of drug-likeness (QED) is 0.876. The molecule has 112 valence electrons. The summed E-state index contributed by atoms with van der Waals surface area (Å²) in [7, 11) is 5.88. The molecule has 0 unspecified atom stereocenters. The third kappa shape index (κ3) is 4.23. The van der Waals surface area contributed by atoms with E-state index in [2.05, 4.69) is 67.6 Å². The Morgan fingerprint density at radius 2 is 1.86 bits per heavy atom. The third-order valence-corrected chi connectivity index (χ3v) is 3.45. The lowest BCUT2D eigenvalue weighted by Crippen LogP contribution is -2.12. The van der Waals surface area contributed by atoms with Crippen LogP contribution in [0.2, 0.25) is 0 Å². The first-order valence-corrected chi connectivity index (χ1v) is 7.20. The monoisotopic (exact) mass is 284 g/mol. The molecule has 0 aromatic heterocycles. The number of methoxy groups -OCH3 is 1. The molecule has 1 N–H and O–H groups in total. The maximum absolute atomic E-state index is 5.30. The Bertz CT molecular complexity index is 594. The summed E-state index contributed by atoms with van der Waals surface area (Å²) >= 11 is 0. The van der Waals surface area contributed by atoms with Gasteiger partial charge < -0.3 is 15.0 Å². The van der Waals surface area contributed by atoms with Crippen LogP contribution in [0, 0.1) is 6.92 Å². The van der Waals surface area contributed by atoms with E-state index in [0.717, 1.165) is 18.8 Å². The van der Waals surface area contributed by atoms with Crippen LogP contribution in [0.25, 0.3) is 0 Å². The van der Waals surface area contributed by atoms with Crippen LogP contribution in [0.5, 0.6) is 5.75 Å². The van der Waals surface area contributed by atoms with Gasteiger partial charge in [0.2, 0.25) is 0 Å². The minimum Gasteiger partial charge on any atom is -0.496 e. The zero-order valence-corrected chi connectivity index (χ0v) is 13.3. The molecule has 0 radical (unpaired) electrons. The molecule has 0 spiro atoms. The van der Waals surface area contributed by atoms with E-state index >= 15 is 0 Å². The second-order valence-corrected chi connectivity index (χ2v) is 5.55. The average molecular weight is 284 g/mol. The van der Waals surface area contributed by atoms with Crippen molar-refractivity contribution in [3.8, 4) is 5.75 Å². The van der Waals surface area contributed by atoms with Gasteiger partial charge in [-0.2, -0.15) is 0 Å². The molecule has 3 nitrogen and oxygen atoms in total. The lowest BCUT2D eigenvalue weighted by Gasteiger charge is -2.16. The van der Waals surface area contributed by atoms with E-state index in [9.17, 15) is 0 Å². The number of nitrogens with one attached hydrogen (secondary N) is 1. The van der Waals surface area contributed by atoms with Gasteiger partial charge in [-0.25, -0.2) is 0 Å². The van der Waals surface area contributed by atoms with Gasteiger partial charge in [-0.15, -0.1) is 0 Å². The zero-order chi connectivity index (χ0) is 15.2. The van der Waals surface area contributed by atoms with Crippen LogP contribution >= 0.6 is 0 Å². The molecule has 0 heterocycles. The molecular formula is C18H24N2O. The molecule has 0 aliphatic heterocycles. The Labute approximate surface area is 127 Å². The summed E-state index contributed by atoms with van der Waals surface area (Å²) in [6.07, 6.45) is 0. The molecule has 0 aliphatic rings. The summed E-state index contributed by atoms with van der Waals surface area (Å²) in [5, 5.41) is 3.53. The Morgan fingerprint density at radius 1 is 1.10 bits per heavy atom. The number of anilines is 1. The minimum absolute atomic E-state index is 0.815. The van der Waals surface area contributed by atoms with Gasteiger partial charge in [0.15, 0.2) is 0 Å². The number of rotatable bonds is 6. The normalized spacial score (nSPS) is 10.7. The Morgan fingerprint density at radius 3 is 2.52 bits per heavy atom. The molecule has 0 bridgehead atoms. The first-order chi connectivity index (χ1) is 10.1. The van der Waals surface area contributed by atoms with Crippen LogP contribution in [-0.4, -0.2) is 26.1 Å².